The fourth-order valence-corrected chi connectivity index (χ4v) is 4.07. The highest BCUT2D eigenvalue weighted by molar-refractivity contribution is 6.06. The van der Waals surface area contributed by atoms with Crippen LogP contribution in [0.1, 0.15) is 54.2 Å². The molecule has 29 heavy (non-hydrogen) atoms. The molecule has 1 aliphatic carbocycles. The summed E-state index contributed by atoms with van der Waals surface area (Å²) in [6, 6.07) is 6.16. The van der Waals surface area contributed by atoms with Gasteiger partial charge in [-0.2, -0.15) is 10.2 Å². The topological polar surface area (TPSA) is 66.8 Å². The molecule has 1 atom stereocenters. The van der Waals surface area contributed by atoms with Crippen LogP contribution in [0, 0.1) is 6.92 Å². The number of nitrogens with zero attached hydrogens (tertiary/aromatic N) is 4. The van der Waals surface area contributed by atoms with Crippen molar-refractivity contribution in [2.24, 2.45) is 0 Å². The Kier molecular flexibility index (Phi) is 5.65. The smallest absolute Gasteiger partial charge is 0.255 e. The van der Waals surface area contributed by atoms with E-state index in [0.717, 1.165) is 47.8 Å². The average Bonchev–Trinajstić information content (AvgIpc) is 3.35. The number of alkyl halides is 1. The molecule has 7 heteroatoms. The fraction of sp³-hybridized carbons (Fsp3) is 0.500. The fourth-order valence-electron chi connectivity index (χ4n) is 4.07. The average molecular weight is 397 g/mol. The Hall–Kier alpha value is -2.70. The van der Waals surface area contributed by atoms with Gasteiger partial charge in [0.25, 0.3) is 5.91 Å². The standard InChI is InChI=1S/C22H28FN5O/c1-3-17(12-16-13-24-26-15(16)2)28(18-8-9-18)22(29)19-6-4-7-21-20(19)14-25-27(21)11-5-10-23/h4,6-7,13-14,17-18H,3,5,8-12H2,1-2H3,(H,24,26). The minimum absolute atomic E-state index is 0.0659. The number of nitrogens with one attached hydrogen (secondary N) is 1. The molecule has 1 unspecified atom stereocenters. The van der Waals surface area contributed by atoms with E-state index in [4.69, 9.17) is 0 Å². The lowest BCUT2D eigenvalue weighted by Crippen LogP contribution is -2.43. The zero-order valence-electron chi connectivity index (χ0n) is 17.1. The predicted molar refractivity (Wildman–Crippen MR) is 111 cm³/mol. The van der Waals surface area contributed by atoms with Crippen molar-refractivity contribution in [1.82, 2.24) is 24.9 Å². The number of aromatic nitrogens is 4. The number of carbonyl (C=O) groups is 1. The summed E-state index contributed by atoms with van der Waals surface area (Å²) >= 11 is 0. The lowest BCUT2D eigenvalue weighted by Gasteiger charge is -2.32. The van der Waals surface area contributed by atoms with E-state index in [1.165, 1.54) is 0 Å². The highest BCUT2D eigenvalue weighted by Crippen LogP contribution is 2.33. The number of benzene rings is 1. The summed E-state index contributed by atoms with van der Waals surface area (Å²) in [5.41, 5.74) is 3.79. The molecule has 0 radical (unpaired) electrons. The molecule has 0 bridgehead atoms. The molecular formula is C22H28FN5O. The Morgan fingerprint density at radius 1 is 1.38 bits per heavy atom. The summed E-state index contributed by atoms with van der Waals surface area (Å²) < 4.78 is 14.4. The van der Waals surface area contributed by atoms with Crippen LogP contribution in [0.3, 0.4) is 0 Å². The van der Waals surface area contributed by atoms with Crippen LogP contribution in [0.25, 0.3) is 10.9 Å². The number of hydrogen-bond acceptors (Lipinski definition) is 3. The molecule has 1 N–H and O–H groups in total. The largest absolute Gasteiger partial charge is 0.332 e. The Morgan fingerprint density at radius 2 is 2.21 bits per heavy atom. The Balaban J connectivity index is 1.65. The van der Waals surface area contributed by atoms with E-state index in [-0.39, 0.29) is 18.6 Å². The molecule has 1 amide bonds. The molecule has 0 aliphatic heterocycles. The van der Waals surface area contributed by atoms with E-state index in [0.29, 0.717) is 24.6 Å². The van der Waals surface area contributed by atoms with Gasteiger partial charge in [0.05, 0.1) is 30.1 Å². The van der Waals surface area contributed by atoms with E-state index in [2.05, 4.69) is 27.1 Å². The van der Waals surface area contributed by atoms with Gasteiger partial charge in [-0.15, -0.1) is 0 Å². The zero-order valence-corrected chi connectivity index (χ0v) is 17.1. The van der Waals surface area contributed by atoms with E-state index >= 15 is 0 Å². The summed E-state index contributed by atoms with van der Waals surface area (Å²) in [4.78, 5) is 15.8. The van der Waals surface area contributed by atoms with Crippen LogP contribution in [-0.4, -0.2) is 49.5 Å². The van der Waals surface area contributed by atoms with Gasteiger partial charge in [-0.05, 0) is 56.7 Å². The first-order valence-electron chi connectivity index (χ1n) is 10.5. The quantitative estimate of drug-likeness (QED) is 0.592. The molecule has 4 rings (SSSR count). The summed E-state index contributed by atoms with van der Waals surface area (Å²) in [6.07, 6.45) is 7.82. The lowest BCUT2D eigenvalue weighted by molar-refractivity contribution is 0.0655. The maximum Gasteiger partial charge on any atom is 0.255 e. The minimum Gasteiger partial charge on any atom is -0.332 e. The van der Waals surface area contributed by atoms with Gasteiger partial charge >= 0.3 is 0 Å². The number of aromatic amines is 1. The third-order valence-corrected chi connectivity index (χ3v) is 5.85. The molecule has 3 aromatic rings. The van der Waals surface area contributed by atoms with E-state index in [1.807, 2.05) is 31.3 Å². The molecule has 2 heterocycles. The molecule has 0 spiro atoms. The normalized spacial score (nSPS) is 15.0. The number of amides is 1. The summed E-state index contributed by atoms with van der Waals surface area (Å²) in [6.45, 7) is 4.30. The molecular weight excluding hydrogens is 369 g/mol. The van der Waals surface area contributed by atoms with Gasteiger partial charge in [0.1, 0.15) is 0 Å². The van der Waals surface area contributed by atoms with Crippen molar-refractivity contribution in [3.05, 3.63) is 47.4 Å². The van der Waals surface area contributed by atoms with Crippen molar-refractivity contribution < 1.29 is 9.18 Å². The number of hydrogen-bond donors (Lipinski definition) is 1. The molecule has 2 aromatic heterocycles. The summed E-state index contributed by atoms with van der Waals surface area (Å²) in [5.74, 6) is 0.0659. The van der Waals surface area contributed by atoms with Crippen molar-refractivity contribution in [2.75, 3.05) is 6.67 Å². The van der Waals surface area contributed by atoms with Crippen molar-refractivity contribution in [3.63, 3.8) is 0 Å². The molecule has 1 saturated carbocycles. The van der Waals surface area contributed by atoms with Crippen LogP contribution in [-0.2, 0) is 13.0 Å². The predicted octanol–water partition coefficient (Wildman–Crippen LogP) is 4.05. The highest BCUT2D eigenvalue weighted by Gasteiger charge is 2.38. The molecule has 6 nitrogen and oxygen atoms in total. The molecule has 1 aromatic carbocycles. The van der Waals surface area contributed by atoms with Gasteiger partial charge in [0, 0.05) is 29.7 Å². The van der Waals surface area contributed by atoms with Crippen LogP contribution >= 0.6 is 0 Å². The maximum atomic E-state index is 13.7. The van der Waals surface area contributed by atoms with Gasteiger partial charge in [-0.3, -0.25) is 19.0 Å². The summed E-state index contributed by atoms with van der Waals surface area (Å²) in [7, 11) is 0. The number of aryl methyl sites for hydroxylation is 2. The molecule has 154 valence electrons. The highest BCUT2D eigenvalue weighted by atomic mass is 19.1. The monoisotopic (exact) mass is 397 g/mol. The Bertz CT molecular complexity index is 990. The van der Waals surface area contributed by atoms with Crippen molar-refractivity contribution >= 4 is 16.8 Å². The van der Waals surface area contributed by atoms with E-state index in [9.17, 15) is 9.18 Å². The first-order chi connectivity index (χ1) is 14.1. The maximum absolute atomic E-state index is 13.7. The number of H-pyrrole nitrogens is 1. The zero-order chi connectivity index (χ0) is 20.4. The van der Waals surface area contributed by atoms with Gasteiger partial charge in [0.2, 0.25) is 0 Å². The van der Waals surface area contributed by atoms with E-state index < -0.39 is 0 Å². The van der Waals surface area contributed by atoms with Gasteiger partial charge < -0.3 is 4.90 Å². The summed E-state index contributed by atoms with van der Waals surface area (Å²) in [5, 5.41) is 12.4. The number of rotatable bonds is 9. The third kappa shape index (κ3) is 3.91. The SMILES string of the molecule is CCC(Cc1cn[nH]c1C)N(C(=O)c1cccc2c1cnn2CCCF)C1CC1. The van der Waals surface area contributed by atoms with Crippen molar-refractivity contribution in [2.45, 2.75) is 64.6 Å². The lowest BCUT2D eigenvalue weighted by atomic mass is 10.0. The number of carbonyl (C=O) groups excluding carboxylic acids is 1. The van der Waals surface area contributed by atoms with Crippen molar-refractivity contribution in [1.29, 1.82) is 0 Å². The Morgan fingerprint density at radius 3 is 2.86 bits per heavy atom. The Labute approximate surface area is 170 Å². The van der Waals surface area contributed by atoms with Gasteiger partial charge in [-0.1, -0.05) is 13.0 Å². The van der Waals surface area contributed by atoms with Crippen LogP contribution in [0.15, 0.2) is 30.6 Å². The van der Waals surface area contributed by atoms with Crippen LogP contribution in [0.5, 0.6) is 0 Å². The second-order valence-corrected chi connectivity index (χ2v) is 7.88. The second kappa shape index (κ2) is 8.35. The third-order valence-electron chi connectivity index (χ3n) is 5.85. The van der Waals surface area contributed by atoms with E-state index in [1.54, 1.807) is 10.9 Å². The number of halogens is 1. The van der Waals surface area contributed by atoms with Crippen molar-refractivity contribution in [3.8, 4) is 0 Å². The number of fused-ring (bicyclic) bond motifs is 1. The minimum atomic E-state index is -0.374. The first kappa shape index (κ1) is 19.6. The first-order valence-corrected chi connectivity index (χ1v) is 10.5. The van der Waals surface area contributed by atoms with Crippen LogP contribution in [0.2, 0.25) is 0 Å². The molecule has 0 saturated heterocycles. The molecule has 1 aliphatic rings. The van der Waals surface area contributed by atoms with Crippen LogP contribution < -0.4 is 0 Å². The van der Waals surface area contributed by atoms with Gasteiger partial charge in [0.15, 0.2) is 0 Å². The van der Waals surface area contributed by atoms with Crippen LogP contribution in [0.4, 0.5) is 4.39 Å². The second-order valence-electron chi connectivity index (χ2n) is 7.88. The molecule has 1 fully saturated rings. The van der Waals surface area contributed by atoms with Gasteiger partial charge in [-0.25, -0.2) is 0 Å².